The third kappa shape index (κ3) is 2.25. The first-order chi connectivity index (χ1) is 11.2. The molecular weight excluding hydrogens is 300 g/mol. The van der Waals surface area contributed by atoms with Crippen molar-refractivity contribution in [2.24, 2.45) is 0 Å². The van der Waals surface area contributed by atoms with Gasteiger partial charge in [-0.3, -0.25) is 0 Å². The molecule has 4 rings (SSSR count). The quantitative estimate of drug-likeness (QED) is 0.861. The van der Waals surface area contributed by atoms with Gasteiger partial charge < -0.3 is 29.2 Å². The highest BCUT2D eigenvalue weighted by Gasteiger charge is 2.68. The predicted molar refractivity (Wildman–Crippen MR) is 79.4 cm³/mol. The van der Waals surface area contributed by atoms with E-state index < -0.39 is 29.9 Å². The fraction of sp³-hybridized carbons (Fsp3) is 0.647. The van der Waals surface area contributed by atoms with Gasteiger partial charge in [0.1, 0.15) is 18.3 Å². The van der Waals surface area contributed by atoms with Crippen molar-refractivity contribution >= 4 is 0 Å². The van der Waals surface area contributed by atoms with Gasteiger partial charge in [0.05, 0.1) is 19.8 Å². The van der Waals surface area contributed by atoms with Crippen molar-refractivity contribution in [1.29, 1.82) is 0 Å². The summed E-state index contributed by atoms with van der Waals surface area (Å²) in [4.78, 5) is 0. The van der Waals surface area contributed by atoms with Crippen molar-refractivity contribution in [2.75, 3.05) is 19.8 Å². The molecule has 6 nitrogen and oxygen atoms in total. The molecule has 1 aromatic rings. The summed E-state index contributed by atoms with van der Waals surface area (Å²) in [5.41, 5.74) is 0.848. The molecule has 3 saturated heterocycles. The number of aliphatic hydroxyl groups excluding tert-OH is 2. The zero-order valence-electron chi connectivity index (χ0n) is 12.9. The number of rotatable bonds is 3. The van der Waals surface area contributed by atoms with E-state index in [1.165, 1.54) is 0 Å². The molecule has 0 aliphatic carbocycles. The van der Waals surface area contributed by atoms with Gasteiger partial charge in [-0.2, -0.15) is 0 Å². The molecule has 1 aromatic carbocycles. The van der Waals surface area contributed by atoms with E-state index in [1.807, 2.05) is 30.3 Å². The van der Waals surface area contributed by atoms with Crippen molar-refractivity contribution in [3.63, 3.8) is 0 Å². The van der Waals surface area contributed by atoms with E-state index in [-0.39, 0.29) is 6.61 Å². The van der Waals surface area contributed by atoms with Crippen molar-refractivity contribution in [3.8, 4) is 0 Å². The average molecular weight is 322 g/mol. The maximum atomic E-state index is 10.1. The van der Waals surface area contributed by atoms with E-state index in [0.717, 1.165) is 18.4 Å². The number of benzene rings is 1. The van der Waals surface area contributed by atoms with Crippen LogP contribution in [0.3, 0.4) is 0 Å². The van der Waals surface area contributed by atoms with Gasteiger partial charge in [0, 0.05) is 12.0 Å². The standard InChI is InChI=1S/C17H22O6/c18-10-13(19)15-14-11-21-17(22-14,12-6-2-1-3-7-12)16(23-15)8-4-5-9-20-16/h1-3,6-7,13-15,18-19H,4-5,8-11H2/t13-,14+,15+,16+,17+/m1/s1. The molecule has 3 aliphatic heterocycles. The van der Waals surface area contributed by atoms with Crippen LogP contribution in [0.2, 0.25) is 0 Å². The maximum Gasteiger partial charge on any atom is 0.251 e. The lowest BCUT2D eigenvalue weighted by Crippen LogP contribution is -2.65. The monoisotopic (exact) mass is 322 g/mol. The SMILES string of the molecule is OC[C@@H](O)[C@@H]1O[C@@]2(CCCCO2)[C@@]2(c3ccccc3)OC[C@@H]1O2. The van der Waals surface area contributed by atoms with E-state index in [9.17, 15) is 10.2 Å². The van der Waals surface area contributed by atoms with Gasteiger partial charge in [0.2, 0.25) is 5.79 Å². The molecule has 0 radical (unpaired) electrons. The Kier molecular flexibility index (Phi) is 3.91. The summed E-state index contributed by atoms with van der Waals surface area (Å²) in [5, 5.41) is 19.4. The van der Waals surface area contributed by atoms with Gasteiger partial charge in [0.15, 0.2) is 0 Å². The predicted octanol–water partition coefficient (Wildman–Crippen LogP) is 0.904. The molecular formula is C17H22O6. The van der Waals surface area contributed by atoms with Gasteiger partial charge in [-0.25, -0.2) is 0 Å². The van der Waals surface area contributed by atoms with E-state index in [0.29, 0.717) is 19.6 Å². The number of ether oxygens (including phenoxy) is 4. The summed E-state index contributed by atoms with van der Waals surface area (Å²) >= 11 is 0. The molecule has 3 aliphatic rings. The number of hydrogen-bond donors (Lipinski definition) is 2. The van der Waals surface area contributed by atoms with Crippen LogP contribution in [0.25, 0.3) is 0 Å². The fourth-order valence-electron chi connectivity index (χ4n) is 3.80. The fourth-order valence-corrected chi connectivity index (χ4v) is 3.80. The average Bonchev–Trinajstić information content (AvgIpc) is 3.03. The number of aliphatic hydroxyl groups is 2. The zero-order chi connectivity index (χ0) is 15.9. The van der Waals surface area contributed by atoms with Crippen molar-refractivity contribution in [1.82, 2.24) is 0 Å². The lowest BCUT2D eigenvalue weighted by molar-refractivity contribution is -0.447. The van der Waals surface area contributed by atoms with E-state index >= 15 is 0 Å². The smallest absolute Gasteiger partial charge is 0.251 e. The summed E-state index contributed by atoms with van der Waals surface area (Å²) in [5.74, 6) is -2.22. The van der Waals surface area contributed by atoms with E-state index in [4.69, 9.17) is 18.9 Å². The first-order valence-corrected chi connectivity index (χ1v) is 8.19. The highest BCUT2D eigenvalue weighted by molar-refractivity contribution is 5.26. The van der Waals surface area contributed by atoms with Gasteiger partial charge in [-0.15, -0.1) is 0 Å². The van der Waals surface area contributed by atoms with Gasteiger partial charge in [-0.05, 0) is 12.8 Å². The van der Waals surface area contributed by atoms with Gasteiger partial charge in [-0.1, -0.05) is 30.3 Å². The van der Waals surface area contributed by atoms with Crippen LogP contribution in [0.5, 0.6) is 0 Å². The van der Waals surface area contributed by atoms with E-state index in [2.05, 4.69) is 0 Å². The Morgan fingerprint density at radius 3 is 2.65 bits per heavy atom. The maximum absolute atomic E-state index is 10.1. The minimum Gasteiger partial charge on any atom is -0.394 e. The summed E-state index contributed by atoms with van der Waals surface area (Å²) in [7, 11) is 0. The molecule has 5 atom stereocenters. The topological polar surface area (TPSA) is 77.4 Å². The molecule has 23 heavy (non-hydrogen) atoms. The Labute approximate surface area is 134 Å². The Hall–Kier alpha value is -1.02. The summed E-state index contributed by atoms with van der Waals surface area (Å²) < 4.78 is 24.6. The normalized spacial score (nSPS) is 41.1. The summed E-state index contributed by atoms with van der Waals surface area (Å²) in [6.45, 7) is 0.453. The molecule has 6 heteroatoms. The highest BCUT2D eigenvalue weighted by atomic mass is 16.8. The molecule has 0 saturated carbocycles. The van der Waals surface area contributed by atoms with Gasteiger partial charge in [0.25, 0.3) is 5.79 Å². The first-order valence-electron chi connectivity index (χ1n) is 8.19. The molecule has 3 fully saturated rings. The van der Waals surface area contributed by atoms with Crippen molar-refractivity contribution < 1.29 is 29.2 Å². The molecule has 126 valence electrons. The third-order valence-corrected chi connectivity index (χ3v) is 4.92. The summed E-state index contributed by atoms with van der Waals surface area (Å²) in [6, 6.07) is 9.66. The van der Waals surface area contributed by atoms with Crippen LogP contribution in [0.1, 0.15) is 24.8 Å². The Morgan fingerprint density at radius 2 is 1.96 bits per heavy atom. The Balaban J connectivity index is 1.77. The van der Waals surface area contributed by atoms with Crippen LogP contribution < -0.4 is 0 Å². The van der Waals surface area contributed by atoms with Crippen LogP contribution in [-0.2, 0) is 24.7 Å². The highest BCUT2D eigenvalue weighted by Crippen LogP contribution is 2.54. The van der Waals surface area contributed by atoms with Crippen LogP contribution in [0.4, 0.5) is 0 Å². The Morgan fingerprint density at radius 1 is 1.13 bits per heavy atom. The van der Waals surface area contributed by atoms with E-state index in [1.54, 1.807) is 0 Å². The molecule has 3 heterocycles. The lowest BCUT2D eigenvalue weighted by Gasteiger charge is -2.52. The molecule has 2 N–H and O–H groups in total. The number of fused-ring (bicyclic) bond motifs is 3. The zero-order valence-corrected chi connectivity index (χ0v) is 12.9. The molecule has 0 unspecified atom stereocenters. The van der Waals surface area contributed by atoms with Crippen molar-refractivity contribution in [3.05, 3.63) is 35.9 Å². The molecule has 0 amide bonds. The van der Waals surface area contributed by atoms with Crippen LogP contribution in [-0.4, -0.2) is 54.1 Å². The second kappa shape index (κ2) is 5.81. The minimum absolute atomic E-state index is 0.293. The molecule has 1 spiro atoms. The van der Waals surface area contributed by atoms with Crippen molar-refractivity contribution in [2.45, 2.75) is 49.1 Å². The summed E-state index contributed by atoms with van der Waals surface area (Å²) in [6.07, 6.45) is 0.355. The number of hydrogen-bond acceptors (Lipinski definition) is 6. The van der Waals surface area contributed by atoms with Crippen LogP contribution in [0, 0.1) is 0 Å². The molecule has 2 bridgehead atoms. The largest absolute Gasteiger partial charge is 0.394 e. The molecule has 0 aromatic heterocycles. The first kappa shape index (κ1) is 15.5. The van der Waals surface area contributed by atoms with Crippen LogP contribution in [0.15, 0.2) is 30.3 Å². The van der Waals surface area contributed by atoms with Gasteiger partial charge >= 0.3 is 0 Å². The second-order valence-corrected chi connectivity index (χ2v) is 6.34. The minimum atomic E-state index is -1.12. The third-order valence-electron chi connectivity index (χ3n) is 4.92. The lowest BCUT2D eigenvalue weighted by atomic mass is 9.89. The second-order valence-electron chi connectivity index (χ2n) is 6.34. The van der Waals surface area contributed by atoms with Crippen LogP contribution >= 0.6 is 0 Å². The Bertz CT molecular complexity index is 543.